The Balaban J connectivity index is 2.08. The van der Waals surface area contributed by atoms with Crippen LogP contribution in [0.1, 0.15) is 29.9 Å². The molecule has 0 spiro atoms. The van der Waals surface area contributed by atoms with E-state index in [4.69, 9.17) is 0 Å². The van der Waals surface area contributed by atoms with Crippen LogP contribution in [0.4, 0.5) is 13.2 Å². The monoisotopic (exact) mass is 243 g/mol. The van der Waals surface area contributed by atoms with Crippen LogP contribution in [-0.4, -0.2) is 13.6 Å². The van der Waals surface area contributed by atoms with E-state index in [-0.39, 0.29) is 0 Å². The van der Waals surface area contributed by atoms with Crippen LogP contribution in [0, 0.1) is 5.92 Å². The second-order valence-electron chi connectivity index (χ2n) is 4.62. The quantitative estimate of drug-likeness (QED) is 0.857. The first-order valence-electron chi connectivity index (χ1n) is 5.84. The summed E-state index contributed by atoms with van der Waals surface area (Å²) in [7, 11) is 1.90. The van der Waals surface area contributed by atoms with Crippen LogP contribution in [0.15, 0.2) is 24.3 Å². The van der Waals surface area contributed by atoms with Gasteiger partial charge < -0.3 is 5.32 Å². The Bertz CT molecular complexity index is 369. The Morgan fingerprint density at radius 2 is 1.82 bits per heavy atom. The minimum absolute atomic E-state index is 0.421. The van der Waals surface area contributed by atoms with E-state index in [1.807, 2.05) is 7.05 Å². The number of rotatable bonds is 3. The highest BCUT2D eigenvalue weighted by molar-refractivity contribution is 5.29. The zero-order valence-corrected chi connectivity index (χ0v) is 9.72. The van der Waals surface area contributed by atoms with Gasteiger partial charge in [0.15, 0.2) is 0 Å². The second kappa shape index (κ2) is 4.69. The molecule has 1 aliphatic carbocycles. The molecule has 0 aliphatic heterocycles. The third-order valence-corrected chi connectivity index (χ3v) is 3.55. The molecule has 4 heteroatoms. The van der Waals surface area contributed by atoms with Crippen molar-refractivity contribution in [2.75, 3.05) is 13.6 Å². The molecule has 1 aliphatic rings. The minimum atomic E-state index is -4.23. The molecule has 17 heavy (non-hydrogen) atoms. The van der Waals surface area contributed by atoms with Crippen molar-refractivity contribution in [3.8, 4) is 0 Å². The lowest BCUT2D eigenvalue weighted by Gasteiger charge is -2.37. The van der Waals surface area contributed by atoms with Crippen LogP contribution in [0.3, 0.4) is 0 Å². The Kier molecular flexibility index (Phi) is 3.43. The van der Waals surface area contributed by atoms with Crippen LogP contribution in [0.5, 0.6) is 0 Å². The molecule has 2 atom stereocenters. The van der Waals surface area contributed by atoms with Crippen molar-refractivity contribution in [1.29, 1.82) is 0 Å². The summed E-state index contributed by atoms with van der Waals surface area (Å²) in [4.78, 5) is 0. The van der Waals surface area contributed by atoms with Crippen LogP contribution >= 0.6 is 0 Å². The lowest BCUT2D eigenvalue weighted by Crippen LogP contribution is -2.32. The summed E-state index contributed by atoms with van der Waals surface area (Å²) >= 11 is 0. The van der Waals surface area contributed by atoms with E-state index in [1.54, 1.807) is 12.1 Å². The van der Waals surface area contributed by atoms with E-state index in [0.717, 1.165) is 24.9 Å². The van der Waals surface area contributed by atoms with Crippen molar-refractivity contribution in [2.24, 2.45) is 5.92 Å². The van der Waals surface area contributed by atoms with Gasteiger partial charge in [-0.3, -0.25) is 0 Å². The maximum absolute atomic E-state index is 12.4. The van der Waals surface area contributed by atoms with Gasteiger partial charge in [0, 0.05) is 0 Å². The van der Waals surface area contributed by atoms with Gasteiger partial charge in [-0.05, 0) is 56.0 Å². The minimum Gasteiger partial charge on any atom is -0.319 e. The second-order valence-corrected chi connectivity index (χ2v) is 4.62. The molecule has 0 saturated heterocycles. The summed E-state index contributed by atoms with van der Waals surface area (Å²) in [6, 6.07) is 5.61. The topological polar surface area (TPSA) is 12.0 Å². The number of halogens is 3. The number of hydrogen-bond acceptors (Lipinski definition) is 1. The fraction of sp³-hybridized carbons (Fsp3) is 0.538. The van der Waals surface area contributed by atoms with Crippen LogP contribution in [0.25, 0.3) is 0 Å². The van der Waals surface area contributed by atoms with Crippen molar-refractivity contribution in [2.45, 2.75) is 24.9 Å². The van der Waals surface area contributed by atoms with Gasteiger partial charge in [-0.2, -0.15) is 13.2 Å². The van der Waals surface area contributed by atoms with E-state index >= 15 is 0 Å². The molecule has 1 fully saturated rings. The molecule has 0 heterocycles. The van der Waals surface area contributed by atoms with Gasteiger partial charge in [0.1, 0.15) is 0 Å². The van der Waals surface area contributed by atoms with Gasteiger partial charge in [0.25, 0.3) is 0 Å². The summed E-state index contributed by atoms with van der Waals surface area (Å²) in [6.45, 7) is 0.936. The van der Waals surface area contributed by atoms with E-state index in [9.17, 15) is 13.2 Å². The average Bonchev–Trinajstić information content (AvgIpc) is 2.24. The summed E-state index contributed by atoms with van der Waals surface area (Å²) in [5.74, 6) is 0.987. The first kappa shape index (κ1) is 12.4. The van der Waals surface area contributed by atoms with E-state index in [2.05, 4.69) is 5.32 Å². The fourth-order valence-electron chi connectivity index (χ4n) is 2.43. The van der Waals surface area contributed by atoms with Gasteiger partial charge in [-0.15, -0.1) is 0 Å². The highest BCUT2D eigenvalue weighted by Gasteiger charge is 2.33. The number of alkyl halides is 3. The van der Waals surface area contributed by atoms with E-state index in [0.29, 0.717) is 11.8 Å². The van der Waals surface area contributed by atoms with Crippen molar-refractivity contribution in [3.63, 3.8) is 0 Å². The van der Waals surface area contributed by atoms with Gasteiger partial charge in [0.2, 0.25) is 0 Å². The van der Waals surface area contributed by atoms with Gasteiger partial charge in [-0.1, -0.05) is 12.1 Å². The molecule has 1 nitrogen and oxygen atoms in total. The van der Waals surface area contributed by atoms with Crippen LogP contribution in [-0.2, 0) is 6.18 Å². The zero-order chi connectivity index (χ0) is 12.5. The van der Waals surface area contributed by atoms with Gasteiger partial charge >= 0.3 is 6.18 Å². The highest BCUT2D eigenvalue weighted by atomic mass is 19.4. The SMILES string of the molecule is CNCC1CCC1c1ccc(C(F)(F)F)cc1. The third kappa shape index (κ3) is 2.63. The summed E-state index contributed by atoms with van der Waals surface area (Å²) in [5.41, 5.74) is 0.468. The van der Waals surface area contributed by atoms with Crippen molar-refractivity contribution in [1.82, 2.24) is 5.32 Å². The zero-order valence-electron chi connectivity index (χ0n) is 9.72. The number of nitrogens with one attached hydrogen (secondary N) is 1. The van der Waals surface area contributed by atoms with E-state index < -0.39 is 11.7 Å². The van der Waals surface area contributed by atoms with Crippen LogP contribution < -0.4 is 5.32 Å². The standard InChI is InChI=1S/C13H16F3N/c1-17-8-10-4-7-12(10)9-2-5-11(6-3-9)13(14,15)16/h2-3,5-6,10,12,17H,4,7-8H2,1H3. The molecule has 1 aromatic rings. The van der Waals surface area contributed by atoms with E-state index in [1.165, 1.54) is 12.1 Å². The first-order valence-corrected chi connectivity index (χ1v) is 5.84. The molecule has 2 unspecified atom stereocenters. The Hall–Kier alpha value is -1.03. The predicted molar refractivity (Wildman–Crippen MR) is 60.8 cm³/mol. The molecule has 94 valence electrons. The molecule has 0 amide bonds. The van der Waals surface area contributed by atoms with Crippen LogP contribution in [0.2, 0.25) is 0 Å². The largest absolute Gasteiger partial charge is 0.416 e. The number of benzene rings is 1. The lowest BCUT2D eigenvalue weighted by molar-refractivity contribution is -0.137. The summed E-state index contributed by atoms with van der Waals surface area (Å²) < 4.78 is 37.2. The van der Waals surface area contributed by atoms with Gasteiger partial charge in [-0.25, -0.2) is 0 Å². The lowest BCUT2D eigenvalue weighted by atomic mass is 9.70. The molecule has 1 N–H and O–H groups in total. The maximum Gasteiger partial charge on any atom is 0.416 e. The summed E-state index contributed by atoms with van der Waals surface area (Å²) in [6.07, 6.45) is -1.99. The molecule has 1 aromatic carbocycles. The molecule has 1 saturated carbocycles. The maximum atomic E-state index is 12.4. The van der Waals surface area contributed by atoms with Crippen molar-refractivity contribution >= 4 is 0 Å². The Morgan fingerprint density at radius 1 is 1.18 bits per heavy atom. The smallest absolute Gasteiger partial charge is 0.319 e. The molecule has 2 rings (SSSR count). The molecule has 0 aromatic heterocycles. The third-order valence-electron chi connectivity index (χ3n) is 3.55. The molecule has 0 bridgehead atoms. The molecule has 0 radical (unpaired) electrons. The normalized spacial score (nSPS) is 24.5. The average molecular weight is 243 g/mol. The van der Waals surface area contributed by atoms with Crippen molar-refractivity contribution in [3.05, 3.63) is 35.4 Å². The summed E-state index contributed by atoms with van der Waals surface area (Å²) in [5, 5.41) is 3.13. The van der Waals surface area contributed by atoms with Crippen molar-refractivity contribution < 1.29 is 13.2 Å². The molecular weight excluding hydrogens is 227 g/mol. The predicted octanol–water partition coefficient (Wildman–Crippen LogP) is 3.42. The molecular formula is C13H16F3N. The highest BCUT2D eigenvalue weighted by Crippen LogP contribution is 2.42. The Labute approximate surface area is 99.0 Å². The Morgan fingerprint density at radius 3 is 2.24 bits per heavy atom. The number of hydrogen-bond donors (Lipinski definition) is 1. The first-order chi connectivity index (χ1) is 8.02. The fourth-order valence-corrected chi connectivity index (χ4v) is 2.43. The van der Waals surface area contributed by atoms with Gasteiger partial charge in [0.05, 0.1) is 5.56 Å².